The molecule has 8 heteroatoms. The predicted molar refractivity (Wildman–Crippen MR) is 367 cm³/mol. The molecule has 17 rings (SSSR count). The Labute approximate surface area is 508 Å². The molecule has 17 aromatic rings. The highest BCUT2D eigenvalue weighted by Crippen LogP contribution is 2.47. The first-order valence-corrected chi connectivity index (χ1v) is 29.8. The molecule has 0 radical (unpaired) electrons. The van der Waals surface area contributed by atoms with Crippen molar-refractivity contribution in [2.45, 2.75) is 0 Å². The van der Waals surface area contributed by atoms with Crippen molar-refractivity contribution in [3.05, 3.63) is 328 Å². The van der Waals surface area contributed by atoms with E-state index in [1.165, 1.54) is 16.2 Å². The maximum atomic E-state index is 5.97. The molecule has 0 aliphatic carbocycles. The molecule has 13 aromatic carbocycles. The molecular formula is C80H54N8. The second kappa shape index (κ2) is 21.0. The van der Waals surface area contributed by atoms with Gasteiger partial charge in [-0.05, 0) is 152 Å². The van der Waals surface area contributed by atoms with Gasteiger partial charge in [-0.1, -0.05) is 176 Å². The summed E-state index contributed by atoms with van der Waals surface area (Å²) < 4.78 is 7.12. The smallest absolute Gasteiger partial charge is 0.237 e. The third-order valence-electron chi connectivity index (χ3n) is 17.1. The largest absolute Gasteiger partial charge is 0.310 e. The van der Waals surface area contributed by atoms with Gasteiger partial charge in [0.15, 0.2) is 5.82 Å². The molecule has 0 N–H and O–H groups in total. The molecule has 8 nitrogen and oxygen atoms in total. The van der Waals surface area contributed by atoms with Gasteiger partial charge in [-0.25, -0.2) is 4.98 Å². The van der Waals surface area contributed by atoms with Gasteiger partial charge in [0.2, 0.25) is 5.95 Å². The predicted octanol–water partition coefficient (Wildman–Crippen LogP) is 21.3. The molecule has 0 bridgehead atoms. The van der Waals surface area contributed by atoms with Crippen molar-refractivity contribution in [1.29, 1.82) is 0 Å². The van der Waals surface area contributed by atoms with Crippen LogP contribution < -0.4 is 14.7 Å². The Morgan fingerprint density at radius 3 is 1.02 bits per heavy atom. The highest BCUT2D eigenvalue weighted by atomic mass is 15.3. The van der Waals surface area contributed by atoms with Crippen LogP contribution in [-0.4, -0.2) is 23.7 Å². The topological polar surface area (TPSA) is 50.3 Å². The molecule has 0 unspecified atom stereocenters. The summed E-state index contributed by atoms with van der Waals surface area (Å²) in [4.78, 5) is 18.6. The van der Waals surface area contributed by atoms with Crippen molar-refractivity contribution in [2.24, 2.45) is 0 Å². The fourth-order valence-electron chi connectivity index (χ4n) is 13.3. The van der Waals surface area contributed by atoms with E-state index in [0.717, 1.165) is 117 Å². The van der Waals surface area contributed by atoms with Crippen LogP contribution in [0.5, 0.6) is 0 Å². The van der Waals surface area contributed by atoms with Gasteiger partial charge in [0.1, 0.15) is 0 Å². The SMILES string of the molecule is c1ccc(N(c2ccc3nc(N(c4ccccc4)c4ccc5c6ccccc6n(-c6ccccc6)c5c4)nc(N(c4ccccc4)c4ccc5c6ccccc6n(-c6ccccc6)c5c4)c3c2)c2ccc3c(c2)c2ccccc2n3-c2ccccc2)cc1. The van der Waals surface area contributed by atoms with Crippen LogP contribution in [-0.2, 0) is 0 Å². The molecule has 4 aromatic heterocycles. The molecule has 88 heavy (non-hydrogen) atoms. The van der Waals surface area contributed by atoms with Crippen LogP contribution in [0.2, 0.25) is 0 Å². The average Bonchev–Trinajstić information content (AvgIpc) is 1.71. The van der Waals surface area contributed by atoms with Crippen molar-refractivity contribution in [1.82, 2.24) is 23.7 Å². The lowest BCUT2D eigenvalue weighted by Crippen LogP contribution is -2.18. The summed E-state index contributed by atoms with van der Waals surface area (Å²) in [5, 5.41) is 7.90. The maximum Gasteiger partial charge on any atom is 0.237 e. The molecule has 0 amide bonds. The minimum atomic E-state index is 0.517. The lowest BCUT2D eigenvalue weighted by atomic mass is 10.1. The number of rotatable bonds is 12. The lowest BCUT2D eigenvalue weighted by Gasteiger charge is -2.30. The molecule has 0 saturated carbocycles. The summed E-state index contributed by atoms with van der Waals surface area (Å²) in [5.41, 5.74) is 17.5. The number of nitrogens with zero attached hydrogens (tertiary/aromatic N) is 8. The van der Waals surface area contributed by atoms with E-state index in [1.807, 2.05) is 0 Å². The van der Waals surface area contributed by atoms with E-state index < -0.39 is 0 Å². The van der Waals surface area contributed by atoms with Gasteiger partial charge in [-0.15, -0.1) is 0 Å². The third kappa shape index (κ3) is 8.37. The standard InChI is InChI=1S/C80H54N8/c1-7-25-55(26-8-1)83(62-46-50-76-70(51-62)67-39-21-24-42-75(67)86(76)58-31-13-4-14-32-58)61-45-49-72-71(52-61)79(84(56-27-9-2-10-28-56)63-43-47-68-65-37-19-22-40-73(65)87(77(68)53-63)59-33-15-5-16-34-59)82-80(81-72)85(57-29-11-3-12-30-57)64-44-48-69-66-38-20-23-41-74(66)88(78(69)54-64)60-35-17-6-18-36-60/h1-54H. The quantitative estimate of drug-likeness (QED) is 0.122. The zero-order chi connectivity index (χ0) is 58.1. The Morgan fingerprint density at radius 1 is 0.205 bits per heavy atom. The van der Waals surface area contributed by atoms with E-state index in [0.29, 0.717) is 11.8 Å². The first-order valence-electron chi connectivity index (χ1n) is 29.8. The molecule has 0 saturated heterocycles. The maximum absolute atomic E-state index is 5.97. The molecule has 4 heterocycles. The normalized spacial score (nSPS) is 11.6. The minimum Gasteiger partial charge on any atom is -0.310 e. The van der Waals surface area contributed by atoms with Gasteiger partial charge in [0, 0.05) is 88.9 Å². The number of fused-ring (bicyclic) bond motifs is 10. The minimum absolute atomic E-state index is 0.517. The van der Waals surface area contributed by atoms with Crippen molar-refractivity contribution in [3.8, 4) is 17.1 Å². The van der Waals surface area contributed by atoms with E-state index in [9.17, 15) is 0 Å². The highest BCUT2D eigenvalue weighted by Gasteiger charge is 2.27. The number of hydrogen-bond acceptors (Lipinski definition) is 5. The second-order valence-electron chi connectivity index (χ2n) is 22.2. The van der Waals surface area contributed by atoms with E-state index >= 15 is 0 Å². The number of benzene rings is 13. The molecule has 0 spiro atoms. The van der Waals surface area contributed by atoms with Crippen molar-refractivity contribution in [3.63, 3.8) is 0 Å². The van der Waals surface area contributed by atoms with E-state index in [2.05, 4.69) is 356 Å². The molecular weight excluding hydrogens is 1070 g/mol. The van der Waals surface area contributed by atoms with Gasteiger partial charge in [-0.3, -0.25) is 9.80 Å². The van der Waals surface area contributed by atoms with Crippen LogP contribution in [0.25, 0.3) is 93.4 Å². The van der Waals surface area contributed by atoms with Crippen LogP contribution in [0.15, 0.2) is 328 Å². The Morgan fingerprint density at radius 2 is 0.534 bits per heavy atom. The zero-order valence-corrected chi connectivity index (χ0v) is 47.8. The van der Waals surface area contributed by atoms with Gasteiger partial charge < -0.3 is 18.6 Å². The highest BCUT2D eigenvalue weighted by molar-refractivity contribution is 6.13. The number of anilines is 9. The summed E-state index contributed by atoms with van der Waals surface area (Å²) in [5.74, 6) is 1.23. The van der Waals surface area contributed by atoms with E-state index in [-0.39, 0.29) is 0 Å². The fraction of sp³-hybridized carbons (Fsp3) is 0. The summed E-state index contributed by atoms with van der Waals surface area (Å²) in [6.45, 7) is 0. The Balaban J connectivity index is 0.934. The van der Waals surface area contributed by atoms with Crippen LogP contribution in [0.1, 0.15) is 0 Å². The van der Waals surface area contributed by atoms with Gasteiger partial charge >= 0.3 is 0 Å². The summed E-state index contributed by atoms with van der Waals surface area (Å²) >= 11 is 0. The first-order chi connectivity index (χ1) is 43.7. The summed E-state index contributed by atoms with van der Waals surface area (Å²) in [7, 11) is 0. The fourth-order valence-corrected chi connectivity index (χ4v) is 13.3. The van der Waals surface area contributed by atoms with Crippen LogP contribution in [0.3, 0.4) is 0 Å². The van der Waals surface area contributed by atoms with E-state index in [4.69, 9.17) is 9.97 Å². The van der Waals surface area contributed by atoms with Crippen LogP contribution >= 0.6 is 0 Å². The summed E-state index contributed by atoms with van der Waals surface area (Å²) in [6.07, 6.45) is 0. The van der Waals surface area contributed by atoms with Gasteiger partial charge in [0.05, 0.1) is 44.3 Å². The molecule has 0 atom stereocenters. The Kier molecular flexibility index (Phi) is 12.0. The Bertz CT molecular complexity index is 5450. The third-order valence-corrected chi connectivity index (χ3v) is 17.1. The zero-order valence-electron chi connectivity index (χ0n) is 47.8. The second-order valence-corrected chi connectivity index (χ2v) is 22.2. The average molecular weight is 1130 g/mol. The monoisotopic (exact) mass is 1130 g/mol. The molecule has 0 aliphatic rings. The molecule has 414 valence electrons. The van der Waals surface area contributed by atoms with Crippen molar-refractivity contribution >= 4 is 128 Å². The van der Waals surface area contributed by atoms with Crippen LogP contribution in [0, 0.1) is 0 Å². The number of aromatic nitrogens is 5. The van der Waals surface area contributed by atoms with E-state index in [1.54, 1.807) is 0 Å². The first kappa shape index (κ1) is 50.5. The molecule has 0 fully saturated rings. The lowest BCUT2D eigenvalue weighted by molar-refractivity contribution is 1.08. The number of para-hydroxylation sites is 9. The van der Waals surface area contributed by atoms with Crippen molar-refractivity contribution < 1.29 is 0 Å². The van der Waals surface area contributed by atoms with Gasteiger partial charge in [-0.2, -0.15) is 4.98 Å². The van der Waals surface area contributed by atoms with Crippen molar-refractivity contribution in [2.75, 3.05) is 14.7 Å². The van der Waals surface area contributed by atoms with Gasteiger partial charge in [0.25, 0.3) is 0 Å². The number of hydrogen-bond donors (Lipinski definition) is 0. The van der Waals surface area contributed by atoms with Crippen LogP contribution in [0.4, 0.5) is 51.6 Å². The summed E-state index contributed by atoms with van der Waals surface area (Å²) in [6, 6.07) is 117. The molecule has 0 aliphatic heterocycles. The Hall–Kier alpha value is -12.0.